The summed E-state index contributed by atoms with van der Waals surface area (Å²) < 4.78 is 1.76. The van der Waals surface area contributed by atoms with Crippen LogP contribution in [-0.4, -0.2) is 45.9 Å². The zero-order chi connectivity index (χ0) is 13.9. The van der Waals surface area contributed by atoms with Crippen molar-refractivity contribution < 1.29 is 9.90 Å². The molecule has 0 aliphatic heterocycles. The van der Waals surface area contributed by atoms with Gasteiger partial charge in [-0.15, -0.1) is 0 Å². The molecule has 0 saturated carbocycles. The van der Waals surface area contributed by atoms with Crippen molar-refractivity contribution in [3.8, 4) is 0 Å². The fourth-order valence-corrected chi connectivity index (χ4v) is 1.70. The number of aliphatic hydroxyl groups is 1. The van der Waals surface area contributed by atoms with Gasteiger partial charge in [-0.3, -0.25) is 9.48 Å². The highest BCUT2D eigenvalue weighted by molar-refractivity contribution is 5.92. The molecule has 5 heteroatoms. The average molecular weight is 253 g/mol. The molecule has 0 fully saturated rings. The Labute approximate surface area is 108 Å². The normalized spacial score (nSPS) is 11.9. The van der Waals surface area contributed by atoms with Gasteiger partial charge in [-0.25, -0.2) is 0 Å². The summed E-state index contributed by atoms with van der Waals surface area (Å²) in [6.45, 7) is 8.41. The third-order valence-electron chi connectivity index (χ3n) is 2.80. The molecule has 0 aliphatic rings. The Kier molecular flexibility index (Phi) is 4.51. The maximum absolute atomic E-state index is 12.1. The molecular weight excluding hydrogens is 230 g/mol. The number of carbonyl (C=O) groups excluding carboxylic acids is 1. The minimum Gasteiger partial charge on any atom is -0.396 e. The van der Waals surface area contributed by atoms with Crippen LogP contribution in [0.1, 0.15) is 44.2 Å². The number of amides is 1. The lowest BCUT2D eigenvalue weighted by atomic mass is 9.94. The van der Waals surface area contributed by atoms with Crippen LogP contribution < -0.4 is 0 Å². The van der Waals surface area contributed by atoms with E-state index in [1.165, 1.54) is 0 Å². The van der Waals surface area contributed by atoms with E-state index in [-0.39, 0.29) is 24.0 Å². The van der Waals surface area contributed by atoms with Gasteiger partial charge in [0.25, 0.3) is 5.91 Å². The van der Waals surface area contributed by atoms with E-state index in [2.05, 4.69) is 5.10 Å². The third-order valence-corrected chi connectivity index (χ3v) is 2.80. The van der Waals surface area contributed by atoms with Gasteiger partial charge in [0.2, 0.25) is 0 Å². The van der Waals surface area contributed by atoms with Crippen molar-refractivity contribution >= 4 is 5.91 Å². The van der Waals surface area contributed by atoms with Crippen molar-refractivity contribution in [2.45, 2.75) is 33.7 Å². The molecule has 0 saturated heterocycles. The number of rotatable bonds is 5. The van der Waals surface area contributed by atoms with Crippen molar-refractivity contribution in [3.63, 3.8) is 0 Å². The van der Waals surface area contributed by atoms with Gasteiger partial charge >= 0.3 is 0 Å². The fourth-order valence-electron chi connectivity index (χ4n) is 1.70. The lowest BCUT2D eigenvalue weighted by Crippen LogP contribution is -2.38. The number of nitrogens with zero attached hydrogens (tertiary/aromatic N) is 3. The highest BCUT2D eigenvalue weighted by Crippen LogP contribution is 2.16. The maximum Gasteiger partial charge on any atom is 0.274 e. The molecule has 0 aromatic carbocycles. The topological polar surface area (TPSA) is 58.4 Å². The fraction of sp³-hybridized carbons (Fsp3) is 0.692. The van der Waals surface area contributed by atoms with Gasteiger partial charge in [-0.05, 0) is 19.9 Å². The van der Waals surface area contributed by atoms with Crippen molar-refractivity contribution in [1.29, 1.82) is 0 Å². The second kappa shape index (κ2) is 5.52. The van der Waals surface area contributed by atoms with E-state index < -0.39 is 0 Å². The average Bonchev–Trinajstić information content (AvgIpc) is 2.76. The molecule has 0 aliphatic carbocycles. The Morgan fingerprint density at radius 2 is 2.17 bits per heavy atom. The number of carbonyl (C=O) groups is 1. The number of aliphatic hydroxyl groups excluding tert-OH is 1. The Morgan fingerprint density at radius 3 is 2.61 bits per heavy atom. The molecule has 1 aromatic rings. The molecule has 1 rings (SSSR count). The van der Waals surface area contributed by atoms with Crippen molar-refractivity contribution in [1.82, 2.24) is 14.7 Å². The van der Waals surface area contributed by atoms with Gasteiger partial charge < -0.3 is 10.0 Å². The van der Waals surface area contributed by atoms with Crippen LogP contribution in [0.4, 0.5) is 0 Å². The van der Waals surface area contributed by atoms with Crippen LogP contribution in [-0.2, 0) is 0 Å². The second-order valence-electron chi connectivity index (χ2n) is 5.76. The van der Waals surface area contributed by atoms with E-state index in [0.29, 0.717) is 12.2 Å². The summed E-state index contributed by atoms with van der Waals surface area (Å²) in [5.74, 6) is -0.115. The minimum absolute atomic E-state index is 0.0467. The lowest BCUT2D eigenvalue weighted by molar-refractivity contribution is 0.0657. The first kappa shape index (κ1) is 14.7. The van der Waals surface area contributed by atoms with Gasteiger partial charge in [0.15, 0.2) is 0 Å². The molecule has 102 valence electrons. The van der Waals surface area contributed by atoms with Crippen LogP contribution in [0.15, 0.2) is 12.3 Å². The van der Waals surface area contributed by atoms with Crippen molar-refractivity contribution in [2.24, 2.45) is 5.41 Å². The smallest absolute Gasteiger partial charge is 0.274 e. The van der Waals surface area contributed by atoms with Crippen LogP contribution in [0, 0.1) is 5.41 Å². The first-order valence-electron chi connectivity index (χ1n) is 6.18. The third kappa shape index (κ3) is 3.57. The Morgan fingerprint density at radius 1 is 1.56 bits per heavy atom. The molecule has 1 aromatic heterocycles. The van der Waals surface area contributed by atoms with Gasteiger partial charge in [-0.1, -0.05) is 13.8 Å². The molecule has 0 atom stereocenters. The van der Waals surface area contributed by atoms with Crippen molar-refractivity contribution in [3.05, 3.63) is 18.0 Å². The molecule has 0 unspecified atom stereocenters. The summed E-state index contributed by atoms with van der Waals surface area (Å²) in [6, 6.07) is 1.97. The zero-order valence-corrected chi connectivity index (χ0v) is 11.8. The molecule has 1 amide bonds. The van der Waals surface area contributed by atoms with E-state index in [9.17, 15) is 9.90 Å². The summed E-state index contributed by atoms with van der Waals surface area (Å²) in [6.07, 6.45) is 1.81. The van der Waals surface area contributed by atoms with Gasteiger partial charge in [-0.2, -0.15) is 5.10 Å². The van der Waals surface area contributed by atoms with Crippen LogP contribution >= 0.6 is 0 Å². The Balaban J connectivity index is 2.74. The van der Waals surface area contributed by atoms with Crippen LogP contribution in [0.25, 0.3) is 0 Å². The minimum atomic E-state index is -0.301. The first-order chi connectivity index (χ1) is 8.26. The highest BCUT2D eigenvalue weighted by atomic mass is 16.3. The summed E-state index contributed by atoms with van der Waals surface area (Å²) >= 11 is 0. The van der Waals surface area contributed by atoms with Gasteiger partial charge in [0, 0.05) is 37.9 Å². The van der Waals surface area contributed by atoms with Crippen LogP contribution in [0.3, 0.4) is 0 Å². The molecule has 5 nitrogen and oxygen atoms in total. The van der Waals surface area contributed by atoms with Crippen LogP contribution in [0.2, 0.25) is 0 Å². The quantitative estimate of drug-likeness (QED) is 0.866. The van der Waals surface area contributed by atoms with E-state index in [1.807, 2.05) is 33.9 Å². The second-order valence-corrected chi connectivity index (χ2v) is 5.76. The summed E-state index contributed by atoms with van der Waals surface area (Å²) in [7, 11) is 1.73. The maximum atomic E-state index is 12.1. The monoisotopic (exact) mass is 253 g/mol. The first-order valence-corrected chi connectivity index (χ1v) is 6.18. The molecule has 18 heavy (non-hydrogen) atoms. The Hall–Kier alpha value is -1.36. The molecule has 0 radical (unpaired) electrons. The Bertz CT molecular complexity index is 410. The van der Waals surface area contributed by atoms with Gasteiger partial charge in [0.05, 0.1) is 0 Å². The molecule has 1 N–H and O–H groups in total. The summed E-state index contributed by atoms with van der Waals surface area (Å²) in [5, 5.41) is 13.5. The van der Waals surface area contributed by atoms with Crippen LogP contribution in [0.5, 0.6) is 0 Å². The van der Waals surface area contributed by atoms with E-state index in [0.717, 1.165) is 0 Å². The van der Waals surface area contributed by atoms with Gasteiger partial charge in [0.1, 0.15) is 5.69 Å². The molecule has 0 bridgehead atoms. The van der Waals surface area contributed by atoms with E-state index in [4.69, 9.17) is 0 Å². The largest absolute Gasteiger partial charge is 0.396 e. The summed E-state index contributed by atoms with van der Waals surface area (Å²) in [4.78, 5) is 13.7. The molecule has 1 heterocycles. The number of aromatic nitrogens is 2. The van der Waals surface area contributed by atoms with E-state index >= 15 is 0 Å². The highest BCUT2D eigenvalue weighted by Gasteiger charge is 2.23. The zero-order valence-electron chi connectivity index (χ0n) is 11.8. The SMILES string of the molecule is CC(C)n1ccc(C(=O)N(C)CC(C)(C)CO)n1. The molecule has 0 spiro atoms. The number of hydrogen-bond acceptors (Lipinski definition) is 3. The predicted octanol–water partition coefficient (Wildman–Crippen LogP) is 1.55. The lowest BCUT2D eigenvalue weighted by Gasteiger charge is -2.28. The predicted molar refractivity (Wildman–Crippen MR) is 70.4 cm³/mol. The van der Waals surface area contributed by atoms with E-state index in [1.54, 1.807) is 22.7 Å². The van der Waals surface area contributed by atoms with Crippen molar-refractivity contribution in [2.75, 3.05) is 20.2 Å². The molecular formula is C13H23N3O2. The number of hydrogen-bond donors (Lipinski definition) is 1. The standard InChI is InChI=1S/C13H23N3O2/c1-10(2)16-7-6-11(14-16)12(18)15(5)8-13(3,4)9-17/h6-7,10,17H,8-9H2,1-5H3. The summed E-state index contributed by atoms with van der Waals surface area (Å²) in [5.41, 5.74) is 0.144.